The van der Waals surface area contributed by atoms with Gasteiger partial charge in [0.25, 0.3) is 0 Å². The normalized spacial score (nSPS) is 12.6. The lowest BCUT2D eigenvalue weighted by Gasteiger charge is -2.22. The van der Waals surface area contributed by atoms with Crippen LogP contribution in [0.15, 0.2) is 18.2 Å². The molecule has 1 rings (SSSR count). The molecule has 0 radical (unpaired) electrons. The van der Waals surface area contributed by atoms with E-state index in [9.17, 15) is 19.1 Å². The second-order valence-electron chi connectivity index (χ2n) is 5.41. The molecule has 0 aliphatic rings. The number of hydrogen-bond acceptors (Lipinski definition) is 3. The Kier molecular flexibility index (Phi) is 5.54. The summed E-state index contributed by atoms with van der Waals surface area (Å²) in [4.78, 5) is 23.0. The van der Waals surface area contributed by atoms with Gasteiger partial charge in [0.05, 0.1) is 0 Å². The first kappa shape index (κ1) is 17.2. The van der Waals surface area contributed by atoms with Gasteiger partial charge in [-0.1, -0.05) is 6.07 Å². The molecule has 1 amide bonds. The van der Waals surface area contributed by atoms with Gasteiger partial charge in [-0.3, -0.25) is 0 Å². The summed E-state index contributed by atoms with van der Waals surface area (Å²) in [6, 6.07) is 2.30. The average Bonchev–Trinajstić information content (AvgIpc) is 2.34. The van der Waals surface area contributed by atoms with Gasteiger partial charge in [-0.25, -0.2) is 14.0 Å². The number of carboxylic acids is 1. The van der Waals surface area contributed by atoms with Crippen LogP contribution in [0.4, 0.5) is 9.18 Å². The minimum Gasteiger partial charge on any atom is -0.479 e. The van der Waals surface area contributed by atoms with E-state index in [-0.39, 0.29) is 11.4 Å². The predicted octanol–water partition coefficient (Wildman–Crippen LogP) is 3.21. The first-order valence-corrected chi connectivity index (χ1v) is 6.74. The highest BCUT2D eigenvalue weighted by atomic mass is 35.5. The molecule has 21 heavy (non-hydrogen) atoms. The first-order valence-electron chi connectivity index (χ1n) is 6.20. The molecular formula is C14H17ClFNO4. The molecule has 0 fully saturated rings. The third kappa shape index (κ3) is 5.23. The van der Waals surface area contributed by atoms with Gasteiger partial charge in [-0.15, -0.1) is 11.6 Å². The summed E-state index contributed by atoms with van der Waals surface area (Å²) < 4.78 is 18.8. The number of benzene rings is 1. The van der Waals surface area contributed by atoms with E-state index in [1.807, 2.05) is 0 Å². The van der Waals surface area contributed by atoms with Crippen molar-refractivity contribution in [2.45, 2.75) is 38.3 Å². The lowest BCUT2D eigenvalue weighted by Crippen LogP contribution is -2.38. The Labute approximate surface area is 127 Å². The number of carbonyl (C=O) groups is 2. The monoisotopic (exact) mass is 317 g/mol. The van der Waals surface area contributed by atoms with Crippen LogP contribution in [0, 0.1) is 5.82 Å². The van der Waals surface area contributed by atoms with Crippen LogP contribution in [-0.2, 0) is 15.4 Å². The number of rotatable bonds is 4. The van der Waals surface area contributed by atoms with Gasteiger partial charge in [0, 0.05) is 11.4 Å². The number of alkyl carbamates (subject to hydrolysis) is 1. The Morgan fingerprint density at radius 3 is 2.52 bits per heavy atom. The third-order valence-electron chi connectivity index (χ3n) is 2.43. The van der Waals surface area contributed by atoms with Crippen LogP contribution in [0.2, 0.25) is 0 Å². The molecule has 0 spiro atoms. The van der Waals surface area contributed by atoms with E-state index in [0.717, 1.165) is 6.07 Å². The number of amides is 1. The molecule has 2 N–H and O–H groups in total. The molecule has 1 aromatic rings. The van der Waals surface area contributed by atoms with Crippen molar-refractivity contribution in [3.8, 4) is 0 Å². The van der Waals surface area contributed by atoms with Crippen LogP contribution in [-0.4, -0.2) is 22.8 Å². The van der Waals surface area contributed by atoms with Gasteiger partial charge in [-0.2, -0.15) is 0 Å². The van der Waals surface area contributed by atoms with Crippen LogP contribution in [0.5, 0.6) is 0 Å². The quantitative estimate of drug-likeness (QED) is 0.836. The molecule has 0 heterocycles. The number of hydrogen-bond donors (Lipinski definition) is 2. The molecule has 116 valence electrons. The van der Waals surface area contributed by atoms with Crippen LogP contribution < -0.4 is 5.32 Å². The fourth-order valence-electron chi connectivity index (χ4n) is 1.60. The molecule has 0 saturated heterocycles. The molecule has 5 nitrogen and oxygen atoms in total. The molecule has 0 aromatic heterocycles. The Morgan fingerprint density at radius 1 is 1.43 bits per heavy atom. The molecule has 0 aliphatic carbocycles. The summed E-state index contributed by atoms with van der Waals surface area (Å²) in [7, 11) is 0. The Morgan fingerprint density at radius 2 is 2.05 bits per heavy atom. The minimum atomic E-state index is -1.55. The Balaban J connectivity index is 3.03. The van der Waals surface area contributed by atoms with Crippen molar-refractivity contribution in [1.29, 1.82) is 0 Å². The van der Waals surface area contributed by atoms with Crippen molar-refractivity contribution in [2.24, 2.45) is 0 Å². The van der Waals surface area contributed by atoms with Gasteiger partial charge >= 0.3 is 12.1 Å². The maximum Gasteiger partial charge on any atom is 0.408 e. The van der Waals surface area contributed by atoms with E-state index in [2.05, 4.69) is 5.32 Å². The van der Waals surface area contributed by atoms with Crippen LogP contribution in [0.1, 0.15) is 37.9 Å². The maximum atomic E-state index is 13.8. The van der Waals surface area contributed by atoms with Gasteiger partial charge in [0.1, 0.15) is 11.4 Å². The average molecular weight is 318 g/mol. The maximum absolute atomic E-state index is 13.8. The Hall–Kier alpha value is -1.82. The van der Waals surface area contributed by atoms with E-state index >= 15 is 0 Å². The lowest BCUT2D eigenvalue weighted by atomic mass is 10.0. The zero-order valence-electron chi connectivity index (χ0n) is 11.9. The standard InChI is InChI=1S/C14H17ClFNO4/c1-14(2,3)21-13(20)17-11(12(18)19)9-6-8(7-15)4-5-10(9)16/h4-6,11H,7H2,1-3H3,(H,17,20)(H,18,19). The first-order chi connectivity index (χ1) is 9.64. The van der Waals surface area contributed by atoms with Gasteiger partial charge in [0.15, 0.2) is 6.04 Å². The Bertz CT molecular complexity index is 542. The summed E-state index contributed by atoms with van der Waals surface area (Å²) in [6.45, 7) is 4.91. The van der Waals surface area contributed by atoms with Crippen molar-refractivity contribution < 1.29 is 23.8 Å². The van der Waals surface area contributed by atoms with E-state index in [0.29, 0.717) is 5.56 Å². The van der Waals surface area contributed by atoms with E-state index in [4.69, 9.17) is 16.3 Å². The van der Waals surface area contributed by atoms with Crippen molar-refractivity contribution >= 4 is 23.7 Å². The van der Waals surface area contributed by atoms with Crippen molar-refractivity contribution in [3.63, 3.8) is 0 Å². The molecule has 1 unspecified atom stereocenters. The molecule has 1 atom stereocenters. The number of alkyl halides is 1. The summed E-state index contributed by atoms with van der Waals surface area (Å²) in [5, 5.41) is 11.3. The molecular weight excluding hydrogens is 301 g/mol. The highest BCUT2D eigenvalue weighted by Crippen LogP contribution is 2.21. The summed E-state index contributed by atoms with van der Waals surface area (Å²) >= 11 is 5.65. The third-order valence-corrected chi connectivity index (χ3v) is 2.74. The predicted molar refractivity (Wildman–Crippen MR) is 75.7 cm³/mol. The number of nitrogens with one attached hydrogen (secondary N) is 1. The smallest absolute Gasteiger partial charge is 0.408 e. The number of halogens is 2. The van der Waals surface area contributed by atoms with E-state index < -0.39 is 29.5 Å². The molecule has 1 aromatic carbocycles. The van der Waals surface area contributed by atoms with Crippen LogP contribution in [0.3, 0.4) is 0 Å². The lowest BCUT2D eigenvalue weighted by molar-refractivity contribution is -0.139. The van der Waals surface area contributed by atoms with Crippen LogP contribution in [0.25, 0.3) is 0 Å². The van der Waals surface area contributed by atoms with Crippen molar-refractivity contribution in [1.82, 2.24) is 5.32 Å². The fraction of sp³-hybridized carbons (Fsp3) is 0.429. The number of ether oxygens (including phenoxy) is 1. The van der Waals surface area contributed by atoms with Crippen LogP contribution >= 0.6 is 11.6 Å². The topological polar surface area (TPSA) is 75.6 Å². The second-order valence-corrected chi connectivity index (χ2v) is 5.67. The SMILES string of the molecule is CC(C)(C)OC(=O)NC(C(=O)O)c1cc(CCl)ccc1F. The molecule has 0 aliphatic heterocycles. The zero-order valence-corrected chi connectivity index (χ0v) is 12.7. The van der Waals surface area contributed by atoms with Gasteiger partial charge in [0.2, 0.25) is 0 Å². The summed E-state index contributed by atoms with van der Waals surface area (Å²) in [6.07, 6.45) is -0.939. The van der Waals surface area contributed by atoms with E-state index in [1.54, 1.807) is 20.8 Å². The fourth-order valence-corrected chi connectivity index (χ4v) is 1.76. The number of aliphatic carboxylic acids is 1. The van der Waals surface area contributed by atoms with Gasteiger partial charge < -0.3 is 15.2 Å². The summed E-state index contributed by atoms with van der Waals surface area (Å²) in [5.74, 6) is -2.04. The molecule has 0 bridgehead atoms. The largest absolute Gasteiger partial charge is 0.479 e. The second kappa shape index (κ2) is 6.76. The zero-order chi connectivity index (χ0) is 16.2. The highest BCUT2D eigenvalue weighted by Gasteiger charge is 2.27. The minimum absolute atomic E-state index is 0.103. The molecule has 7 heteroatoms. The molecule has 0 saturated carbocycles. The van der Waals surface area contributed by atoms with Crippen molar-refractivity contribution in [3.05, 3.63) is 35.1 Å². The highest BCUT2D eigenvalue weighted by molar-refractivity contribution is 6.17. The van der Waals surface area contributed by atoms with Crippen molar-refractivity contribution in [2.75, 3.05) is 0 Å². The van der Waals surface area contributed by atoms with E-state index in [1.165, 1.54) is 12.1 Å². The van der Waals surface area contributed by atoms with Gasteiger partial charge in [-0.05, 0) is 38.5 Å². The summed E-state index contributed by atoms with van der Waals surface area (Å²) in [5.41, 5.74) is -0.416. The number of carboxylic acid groups (broad SMARTS) is 1. The number of carbonyl (C=O) groups excluding carboxylic acids is 1.